The molecule has 1 aliphatic rings. The Kier molecular flexibility index (Phi) is 2.85. The van der Waals surface area contributed by atoms with E-state index in [0.717, 1.165) is 24.5 Å². The highest BCUT2D eigenvalue weighted by molar-refractivity contribution is 5.68. The molecular formula is C11H15N3O2. The van der Waals surface area contributed by atoms with E-state index in [0.29, 0.717) is 0 Å². The van der Waals surface area contributed by atoms with Gasteiger partial charge in [-0.05, 0) is 24.3 Å². The third kappa shape index (κ3) is 2.18. The Bertz CT molecular complexity index is 371. The molecule has 86 valence electrons. The molecular weight excluding hydrogens is 206 g/mol. The van der Waals surface area contributed by atoms with Crippen molar-refractivity contribution in [1.29, 1.82) is 0 Å². The number of nitrogens with zero attached hydrogens (tertiary/aromatic N) is 1. The molecule has 3 N–H and O–H groups in total. The van der Waals surface area contributed by atoms with Gasteiger partial charge in [-0.15, -0.1) is 0 Å². The Morgan fingerprint density at radius 3 is 2.62 bits per heavy atom. The summed E-state index contributed by atoms with van der Waals surface area (Å²) in [5.74, 6) is 0. The number of rotatable bonds is 2. The average molecular weight is 221 g/mol. The fourth-order valence-electron chi connectivity index (χ4n) is 1.69. The Labute approximate surface area is 94.2 Å². The van der Waals surface area contributed by atoms with E-state index in [4.69, 9.17) is 5.73 Å². The molecule has 2 rings (SSSR count). The first kappa shape index (κ1) is 10.6. The minimum atomic E-state index is -0.373. The summed E-state index contributed by atoms with van der Waals surface area (Å²) in [6.45, 7) is 1.61. The zero-order valence-corrected chi connectivity index (χ0v) is 9.14. The van der Waals surface area contributed by atoms with E-state index in [-0.39, 0.29) is 12.1 Å². The Morgan fingerprint density at radius 1 is 1.44 bits per heavy atom. The van der Waals surface area contributed by atoms with Crippen LogP contribution in [0, 0.1) is 0 Å². The maximum atomic E-state index is 10.9. The summed E-state index contributed by atoms with van der Waals surface area (Å²) < 4.78 is 4.53. The lowest BCUT2D eigenvalue weighted by Crippen LogP contribution is -2.59. The maximum absolute atomic E-state index is 10.9. The fourth-order valence-corrected chi connectivity index (χ4v) is 1.69. The number of amides is 1. The van der Waals surface area contributed by atoms with Gasteiger partial charge < -0.3 is 20.7 Å². The van der Waals surface area contributed by atoms with Gasteiger partial charge in [0.15, 0.2) is 0 Å². The van der Waals surface area contributed by atoms with Gasteiger partial charge >= 0.3 is 6.09 Å². The summed E-state index contributed by atoms with van der Waals surface area (Å²) in [5, 5.41) is 2.75. The van der Waals surface area contributed by atoms with Crippen molar-refractivity contribution in [3.05, 3.63) is 24.3 Å². The van der Waals surface area contributed by atoms with Crippen molar-refractivity contribution < 1.29 is 9.53 Å². The number of nitrogen functional groups attached to an aromatic ring is 1. The minimum absolute atomic E-state index is 0.171. The van der Waals surface area contributed by atoms with Crippen LogP contribution in [0.25, 0.3) is 0 Å². The number of methoxy groups -OCH3 is 1. The molecule has 5 heteroatoms. The van der Waals surface area contributed by atoms with Crippen LogP contribution in [0.2, 0.25) is 0 Å². The zero-order chi connectivity index (χ0) is 11.5. The summed E-state index contributed by atoms with van der Waals surface area (Å²) in [6, 6.07) is 7.87. The van der Waals surface area contributed by atoms with Crippen LogP contribution in [0.15, 0.2) is 24.3 Å². The lowest BCUT2D eigenvalue weighted by atomic mass is 10.1. The molecule has 1 amide bonds. The number of alkyl carbamates (subject to hydrolysis) is 1. The van der Waals surface area contributed by atoms with Gasteiger partial charge in [0, 0.05) is 24.5 Å². The van der Waals surface area contributed by atoms with Crippen molar-refractivity contribution >= 4 is 17.5 Å². The molecule has 0 spiro atoms. The quantitative estimate of drug-likeness (QED) is 0.725. The molecule has 0 unspecified atom stereocenters. The zero-order valence-electron chi connectivity index (χ0n) is 9.14. The van der Waals surface area contributed by atoms with Crippen LogP contribution in [-0.4, -0.2) is 32.3 Å². The van der Waals surface area contributed by atoms with Crippen LogP contribution >= 0.6 is 0 Å². The number of nitrogens with one attached hydrogen (secondary N) is 1. The molecule has 1 aromatic carbocycles. The van der Waals surface area contributed by atoms with Gasteiger partial charge in [0.25, 0.3) is 0 Å². The first-order valence-corrected chi connectivity index (χ1v) is 5.14. The molecule has 0 saturated carbocycles. The van der Waals surface area contributed by atoms with Gasteiger partial charge in [-0.1, -0.05) is 0 Å². The second kappa shape index (κ2) is 4.30. The lowest BCUT2D eigenvalue weighted by molar-refractivity contribution is 0.164. The topological polar surface area (TPSA) is 67.6 Å². The molecule has 1 heterocycles. The number of hydrogen-bond donors (Lipinski definition) is 2. The molecule has 0 atom stereocenters. The first-order chi connectivity index (χ1) is 7.69. The van der Waals surface area contributed by atoms with Crippen LogP contribution in [0.3, 0.4) is 0 Å². The number of nitrogens with two attached hydrogens (primary N) is 1. The molecule has 0 aliphatic carbocycles. The molecule has 1 aliphatic heterocycles. The van der Waals surface area contributed by atoms with E-state index in [1.54, 1.807) is 0 Å². The predicted octanol–water partition coefficient (Wildman–Crippen LogP) is 0.813. The summed E-state index contributed by atoms with van der Waals surface area (Å²) >= 11 is 0. The molecule has 1 saturated heterocycles. The number of benzene rings is 1. The number of carbonyl (C=O) groups is 1. The van der Waals surface area contributed by atoms with Gasteiger partial charge in [0.1, 0.15) is 0 Å². The summed E-state index contributed by atoms with van der Waals surface area (Å²) in [4.78, 5) is 13.1. The van der Waals surface area contributed by atoms with Crippen molar-refractivity contribution in [3.63, 3.8) is 0 Å². The van der Waals surface area contributed by atoms with Crippen LogP contribution in [-0.2, 0) is 4.74 Å². The fraction of sp³-hybridized carbons (Fsp3) is 0.364. The van der Waals surface area contributed by atoms with Crippen LogP contribution < -0.4 is 16.0 Å². The molecule has 16 heavy (non-hydrogen) atoms. The van der Waals surface area contributed by atoms with Gasteiger partial charge in [-0.3, -0.25) is 0 Å². The van der Waals surface area contributed by atoms with Crippen LogP contribution in [0.5, 0.6) is 0 Å². The smallest absolute Gasteiger partial charge is 0.407 e. The van der Waals surface area contributed by atoms with Gasteiger partial charge in [0.05, 0.1) is 13.2 Å². The van der Waals surface area contributed by atoms with Gasteiger partial charge in [0.2, 0.25) is 0 Å². The largest absolute Gasteiger partial charge is 0.453 e. The monoisotopic (exact) mass is 221 g/mol. The van der Waals surface area contributed by atoms with Crippen molar-refractivity contribution in [2.45, 2.75) is 6.04 Å². The van der Waals surface area contributed by atoms with Gasteiger partial charge in [-0.25, -0.2) is 4.79 Å². The van der Waals surface area contributed by atoms with E-state index in [1.165, 1.54) is 7.11 Å². The second-order valence-electron chi connectivity index (χ2n) is 3.83. The number of ether oxygens (including phenoxy) is 1. The summed E-state index contributed by atoms with van der Waals surface area (Å²) in [5.41, 5.74) is 7.49. The lowest BCUT2D eigenvalue weighted by Gasteiger charge is -2.40. The molecule has 1 aromatic rings. The normalized spacial score (nSPS) is 15.4. The van der Waals surface area contributed by atoms with Crippen molar-refractivity contribution in [1.82, 2.24) is 5.32 Å². The molecule has 0 radical (unpaired) electrons. The summed E-state index contributed by atoms with van der Waals surface area (Å²) in [6.07, 6.45) is -0.373. The minimum Gasteiger partial charge on any atom is -0.453 e. The highest BCUT2D eigenvalue weighted by Crippen LogP contribution is 2.21. The molecule has 1 fully saturated rings. The van der Waals surface area contributed by atoms with Gasteiger partial charge in [-0.2, -0.15) is 0 Å². The summed E-state index contributed by atoms with van der Waals surface area (Å²) in [7, 11) is 1.37. The molecule has 0 aromatic heterocycles. The highest BCUT2D eigenvalue weighted by atomic mass is 16.5. The second-order valence-corrected chi connectivity index (χ2v) is 3.83. The molecule has 0 bridgehead atoms. The average Bonchev–Trinajstić information content (AvgIpc) is 2.24. The van der Waals surface area contributed by atoms with E-state index < -0.39 is 0 Å². The third-order valence-electron chi connectivity index (χ3n) is 2.65. The SMILES string of the molecule is COC(=O)NC1CN(c2ccc(N)cc2)C1. The first-order valence-electron chi connectivity index (χ1n) is 5.14. The highest BCUT2D eigenvalue weighted by Gasteiger charge is 2.28. The Morgan fingerprint density at radius 2 is 2.06 bits per heavy atom. The Balaban J connectivity index is 1.84. The standard InChI is InChI=1S/C11H15N3O2/c1-16-11(15)13-9-6-14(7-9)10-4-2-8(12)3-5-10/h2-5,9H,6-7,12H2,1H3,(H,13,15). The Hall–Kier alpha value is -1.91. The van der Waals surface area contributed by atoms with Crippen LogP contribution in [0.1, 0.15) is 0 Å². The molecule has 5 nitrogen and oxygen atoms in total. The predicted molar refractivity (Wildman–Crippen MR) is 62.4 cm³/mol. The third-order valence-corrected chi connectivity index (χ3v) is 2.65. The van der Waals surface area contributed by atoms with E-state index in [9.17, 15) is 4.79 Å². The van der Waals surface area contributed by atoms with E-state index >= 15 is 0 Å². The van der Waals surface area contributed by atoms with Crippen molar-refractivity contribution in [2.75, 3.05) is 30.8 Å². The maximum Gasteiger partial charge on any atom is 0.407 e. The van der Waals surface area contributed by atoms with Crippen molar-refractivity contribution in [2.24, 2.45) is 0 Å². The van der Waals surface area contributed by atoms with Crippen molar-refractivity contribution in [3.8, 4) is 0 Å². The van der Waals surface area contributed by atoms with E-state index in [1.807, 2.05) is 24.3 Å². The van der Waals surface area contributed by atoms with E-state index in [2.05, 4.69) is 15.0 Å². The number of hydrogen-bond acceptors (Lipinski definition) is 4. The number of anilines is 2. The van der Waals surface area contributed by atoms with Crippen LogP contribution in [0.4, 0.5) is 16.2 Å². The number of carbonyl (C=O) groups excluding carboxylic acids is 1.